The Hall–Kier alpha value is -2.97. The molecule has 1 aliphatic heterocycles. The Morgan fingerprint density at radius 2 is 2.17 bits per heavy atom. The number of fused-ring (bicyclic) bond motifs is 1. The first-order chi connectivity index (χ1) is 11.7. The fraction of sp³-hybridized carbons (Fsp3) is 0.400. The van der Waals surface area contributed by atoms with Crippen molar-refractivity contribution in [1.29, 1.82) is 0 Å². The summed E-state index contributed by atoms with van der Waals surface area (Å²) in [5, 5.41) is 15.8. The number of pyridine rings is 1. The lowest BCUT2D eigenvalue weighted by Crippen LogP contribution is -2.26. The smallest absolute Gasteiger partial charge is 0.200 e. The maximum Gasteiger partial charge on any atom is 0.200 e. The molecule has 0 radical (unpaired) electrons. The largest absolute Gasteiger partial charge is 0.485 e. The number of anilines is 2. The number of ether oxygens (including phenoxy) is 1. The molecule has 3 aromatic rings. The molecule has 9 nitrogen and oxygen atoms in total. The van der Waals surface area contributed by atoms with Crippen LogP contribution in [0.5, 0.6) is 5.75 Å². The van der Waals surface area contributed by atoms with Gasteiger partial charge in [0.05, 0.1) is 6.54 Å². The Kier molecular flexibility index (Phi) is 3.60. The fourth-order valence-corrected chi connectivity index (χ4v) is 2.83. The van der Waals surface area contributed by atoms with E-state index in [4.69, 9.17) is 4.74 Å². The lowest BCUT2D eigenvalue weighted by atomic mass is 10.3. The summed E-state index contributed by atoms with van der Waals surface area (Å²) in [4.78, 5) is 8.51. The van der Waals surface area contributed by atoms with Gasteiger partial charge < -0.3 is 14.5 Å². The van der Waals surface area contributed by atoms with Gasteiger partial charge in [0, 0.05) is 33.3 Å². The zero-order valence-corrected chi connectivity index (χ0v) is 13.6. The van der Waals surface area contributed by atoms with E-state index in [1.807, 2.05) is 43.3 Å². The lowest BCUT2D eigenvalue weighted by molar-refractivity contribution is 0.225. The van der Waals surface area contributed by atoms with Crippen molar-refractivity contribution in [2.75, 3.05) is 37.0 Å². The molecule has 4 heterocycles. The van der Waals surface area contributed by atoms with Gasteiger partial charge in [0.25, 0.3) is 0 Å². The van der Waals surface area contributed by atoms with Crippen LogP contribution in [0.2, 0.25) is 0 Å². The molecule has 9 heteroatoms. The van der Waals surface area contributed by atoms with E-state index in [0.29, 0.717) is 5.65 Å². The summed E-state index contributed by atoms with van der Waals surface area (Å²) >= 11 is 0. The SMILES string of the molecule is CN(C)c1ncccc1O[C@H]1CCN(c2ccc3nnnn3n2)C1. The third kappa shape index (κ3) is 2.68. The average molecular weight is 326 g/mol. The Balaban J connectivity index is 1.48. The lowest BCUT2D eigenvalue weighted by Gasteiger charge is -2.20. The summed E-state index contributed by atoms with van der Waals surface area (Å²) in [5.74, 6) is 2.49. The second kappa shape index (κ2) is 5.91. The summed E-state index contributed by atoms with van der Waals surface area (Å²) in [6, 6.07) is 7.64. The van der Waals surface area contributed by atoms with Crippen LogP contribution >= 0.6 is 0 Å². The number of hydrogen-bond acceptors (Lipinski definition) is 8. The maximum absolute atomic E-state index is 6.17. The van der Waals surface area contributed by atoms with Gasteiger partial charge in [0.2, 0.25) is 0 Å². The second-order valence-electron chi connectivity index (χ2n) is 5.91. The van der Waals surface area contributed by atoms with E-state index >= 15 is 0 Å². The third-order valence-corrected chi connectivity index (χ3v) is 3.99. The van der Waals surface area contributed by atoms with Crippen molar-refractivity contribution in [3.8, 4) is 5.75 Å². The highest BCUT2D eigenvalue weighted by atomic mass is 16.5. The van der Waals surface area contributed by atoms with Crippen molar-refractivity contribution in [2.24, 2.45) is 0 Å². The molecule has 0 spiro atoms. The van der Waals surface area contributed by atoms with Gasteiger partial charge in [-0.05, 0) is 34.7 Å². The minimum Gasteiger partial charge on any atom is -0.485 e. The van der Waals surface area contributed by atoms with Crippen LogP contribution in [0.25, 0.3) is 5.65 Å². The van der Waals surface area contributed by atoms with Gasteiger partial charge in [0.1, 0.15) is 6.10 Å². The van der Waals surface area contributed by atoms with Crippen molar-refractivity contribution < 1.29 is 4.74 Å². The predicted octanol–water partition coefficient (Wildman–Crippen LogP) is 0.638. The van der Waals surface area contributed by atoms with E-state index in [9.17, 15) is 0 Å². The maximum atomic E-state index is 6.17. The first kappa shape index (κ1) is 14.6. The second-order valence-corrected chi connectivity index (χ2v) is 5.91. The molecule has 0 bridgehead atoms. The molecule has 0 amide bonds. The quantitative estimate of drug-likeness (QED) is 0.690. The summed E-state index contributed by atoms with van der Waals surface area (Å²) in [6.07, 6.45) is 2.80. The monoisotopic (exact) mass is 326 g/mol. The van der Waals surface area contributed by atoms with Crippen LogP contribution in [-0.2, 0) is 0 Å². The summed E-state index contributed by atoms with van der Waals surface area (Å²) < 4.78 is 7.61. The predicted molar refractivity (Wildman–Crippen MR) is 88.4 cm³/mol. The summed E-state index contributed by atoms with van der Waals surface area (Å²) in [6.45, 7) is 1.64. The summed E-state index contributed by atoms with van der Waals surface area (Å²) in [7, 11) is 3.92. The van der Waals surface area contributed by atoms with E-state index in [2.05, 4.69) is 30.5 Å². The summed E-state index contributed by atoms with van der Waals surface area (Å²) in [5.41, 5.74) is 0.636. The Morgan fingerprint density at radius 1 is 1.25 bits per heavy atom. The third-order valence-electron chi connectivity index (χ3n) is 3.99. The van der Waals surface area contributed by atoms with Crippen molar-refractivity contribution in [2.45, 2.75) is 12.5 Å². The molecule has 1 atom stereocenters. The van der Waals surface area contributed by atoms with Gasteiger partial charge >= 0.3 is 0 Å². The van der Waals surface area contributed by atoms with Crippen LogP contribution < -0.4 is 14.5 Å². The Bertz CT molecular complexity index is 848. The molecule has 4 rings (SSSR count). The zero-order chi connectivity index (χ0) is 16.5. The molecule has 0 unspecified atom stereocenters. The van der Waals surface area contributed by atoms with Crippen LogP contribution in [0.1, 0.15) is 6.42 Å². The van der Waals surface area contributed by atoms with Crippen LogP contribution in [0.15, 0.2) is 30.5 Å². The highest BCUT2D eigenvalue weighted by molar-refractivity contribution is 5.51. The number of hydrogen-bond donors (Lipinski definition) is 0. The van der Waals surface area contributed by atoms with Crippen LogP contribution in [0, 0.1) is 0 Å². The van der Waals surface area contributed by atoms with Crippen molar-refractivity contribution in [3.05, 3.63) is 30.5 Å². The van der Waals surface area contributed by atoms with Crippen molar-refractivity contribution >= 4 is 17.3 Å². The average Bonchev–Trinajstić information content (AvgIpc) is 3.23. The van der Waals surface area contributed by atoms with Crippen molar-refractivity contribution in [3.63, 3.8) is 0 Å². The molecule has 1 fully saturated rings. The molecule has 124 valence electrons. The van der Waals surface area contributed by atoms with E-state index in [-0.39, 0.29) is 6.10 Å². The normalized spacial score (nSPS) is 17.4. The Labute approximate surface area is 138 Å². The van der Waals surface area contributed by atoms with Crippen LogP contribution in [0.3, 0.4) is 0 Å². The molecular formula is C15H18N8O. The van der Waals surface area contributed by atoms with E-state index in [1.165, 1.54) is 4.63 Å². The van der Waals surface area contributed by atoms with Gasteiger partial charge in [-0.2, -0.15) is 0 Å². The molecule has 1 aliphatic rings. The van der Waals surface area contributed by atoms with Crippen LogP contribution in [0.4, 0.5) is 11.6 Å². The first-order valence-corrected chi connectivity index (χ1v) is 7.80. The molecule has 24 heavy (non-hydrogen) atoms. The highest BCUT2D eigenvalue weighted by Gasteiger charge is 2.26. The van der Waals surface area contributed by atoms with Gasteiger partial charge in [-0.1, -0.05) is 0 Å². The molecule has 0 saturated carbocycles. The molecule has 1 saturated heterocycles. The van der Waals surface area contributed by atoms with Crippen LogP contribution in [-0.4, -0.2) is 63.5 Å². The molecule has 3 aromatic heterocycles. The van der Waals surface area contributed by atoms with E-state index in [1.54, 1.807) is 6.20 Å². The molecular weight excluding hydrogens is 308 g/mol. The van der Waals surface area contributed by atoms with Gasteiger partial charge in [-0.15, -0.1) is 14.8 Å². The number of tetrazole rings is 1. The topological polar surface area (TPSA) is 84.6 Å². The standard InChI is InChI=1S/C15H18N8O/c1-21(2)15-12(4-3-8-16-15)24-11-7-9-22(10-11)14-6-5-13-17-19-20-23(13)18-14/h3-6,8,11H,7,9-10H2,1-2H3/t11-/m0/s1. The first-order valence-electron chi connectivity index (χ1n) is 7.80. The molecule has 0 aliphatic carbocycles. The Morgan fingerprint density at radius 3 is 3.04 bits per heavy atom. The fourth-order valence-electron chi connectivity index (χ4n) is 2.83. The van der Waals surface area contributed by atoms with Gasteiger partial charge in [-0.25, -0.2) is 4.98 Å². The van der Waals surface area contributed by atoms with Gasteiger partial charge in [-0.3, -0.25) is 0 Å². The zero-order valence-electron chi connectivity index (χ0n) is 13.6. The minimum atomic E-state index is 0.0965. The van der Waals surface area contributed by atoms with E-state index in [0.717, 1.165) is 36.9 Å². The number of rotatable bonds is 4. The molecule has 0 aromatic carbocycles. The van der Waals surface area contributed by atoms with E-state index < -0.39 is 0 Å². The van der Waals surface area contributed by atoms with Crippen molar-refractivity contribution in [1.82, 2.24) is 30.2 Å². The molecule has 0 N–H and O–H groups in total. The van der Waals surface area contributed by atoms with Gasteiger partial charge in [0.15, 0.2) is 23.0 Å². The minimum absolute atomic E-state index is 0.0965. The highest BCUT2D eigenvalue weighted by Crippen LogP contribution is 2.27. The number of nitrogens with zero attached hydrogens (tertiary/aromatic N) is 8. The number of aromatic nitrogens is 6.